The highest BCUT2D eigenvalue weighted by Crippen LogP contribution is 2.55. The maximum absolute atomic E-state index is 12.1. The van der Waals surface area contributed by atoms with Gasteiger partial charge in [0, 0.05) is 6.42 Å². The van der Waals surface area contributed by atoms with Gasteiger partial charge in [0.2, 0.25) is 0 Å². The monoisotopic (exact) mass is 648 g/mol. The zero-order chi connectivity index (χ0) is 29.0. The SMILES string of the molecule is CCOC(=O)C(C)(C)CCCOc1ccc(OCCC[P+](c2ccccc2)(c2ccccc2)c2ccccc2)cc1.[Br-]. The maximum atomic E-state index is 12.1. The Labute approximate surface area is 262 Å². The quantitative estimate of drug-likeness (QED) is 0.110. The first-order chi connectivity index (χ1) is 20.0. The van der Waals surface area contributed by atoms with Crippen LogP contribution in [0.5, 0.6) is 11.5 Å². The van der Waals surface area contributed by atoms with Gasteiger partial charge < -0.3 is 31.2 Å². The molecule has 0 aromatic heterocycles. The van der Waals surface area contributed by atoms with Gasteiger partial charge >= 0.3 is 5.97 Å². The van der Waals surface area contributed by atoms with Crippen molar-refractivity contribution in [1.82, 2.24) is 0 Å². The Balaban J connectivity index is 0.00000484. The molecule has 0 atom stereocenters. The Morgan fingerprint density at radius 3 is 1.45 bits per heavy atom. The van der Waals surface area contributed by atoms with E-state index in [0.717, 1.165) is 30.5 Å². The summed E-state index contributed by atoms with van der Waals surface area (Å²) in [7, 11) is -1.85. The van der Waals surface area contributed by atoms with Crippen LogP contribution in [-0.4, -0.2) is 32.0 Å². The molecule has 0 fully saturated rings. The minimum Gasteiger partial charge on any atom is -1.00 e. The van der Waals surface area contributed by atoms with Crippen LogP contribution in [0.25, 0.3) is 0 Å². The number of hydrogen-bond acceptors (Lipinski definition) is 4. The number of carbonyl (C=O) groups is 1. The molecule has 0 aliphatic heterocycles. The van der Waals surface area contributed by atoms with Gasteiger partial charge in [-0.1, -0.05) is 54.6 Å². The van der Waals surface area contributed by atoms with Gasteiger partial charge in [-0.15, -0.1) is 0 Å². The topological polar surface area (TPSA) is 44.8 Å². The van der Waals surface area contributed by atoms with E-state index >= 15 is 0 Å². The molecular formula is C36H42BrO4P. The van der Waals surface area contributed by atoms with Crippen LogP contribution in [0.1, 0.15) is 40.0 Å². The van der Waals surface area contributed by atoms with Crippen molar-refractivity contribution in [2.75, 3.05) is 26.0 Å². The smallest absolute Gasteiger partial charge is 0.311 e. The Morgan fingerprint density at radius 1 is 0.643 bits per heavy atom. The van der Waals surface area contributed by atoms with Crippen LogP contribution in [0.15, 0.2) is 115 Å². The first-order valence-corrected chi connectivity index (χ1v) is 16.5. The third-order valence-corrected chi connectivity index (χ3v) is 11.9. The molecule has 0 heterocycles. The van der Waals surface area contributed by atoms with E-state index in [1.165, 1.54) is 15.9 Å². The van der Waals surface area contributed by atoms with Gasteiger partial charge in [-0.3, -0.25) is 4.79 Å². The zero-order valence-corrected chi connectivity index (χ0v) is 27.4. The summed E-state index contributed by atoms with van der Waals surface area (Å²) in [6, 6.07) is 40.7. The first kappa shape index (κ1) is 33.4. The average Bonchev–Trinajstić information content (AvgIpc) is 3.01. The molecule has 0 radical (unpaired) electrons. The molecule has 0 saturated heterocycles. The highest BCUT2D eigenvalue weighted by atomic mass is 79.9. The Morgan fingerprint density at radius 2 is 1.05 bits per heavy atom. The number of halogens is 1. The third-order valence-electron chi connectivity index (χ3n) is 7.36. The minimum atomic E-state index is -1.85. The van der Waals surface area contributed by atoms with Gasteiger partial charge in [0.25, 0.3) is 0 Å². The lowest BCUT2D eigenvalue weighted by Gasteiger charge is -2.27. The highest BCUT2D eigenvalue weighted by Gasteiger charge is 2.44. The molecule has 0 bridgehead atoms. The summed E-state index contributed by atoms with van der Waals surface area (Å²) < 4.78 is 17.3. The molecule has 0 spiro atoms. The van der Waals surface area contributed by atoms with Crippen LogP contribution in [0.2, 0.25) is 0 Å². The molecule has 0 aliphatic carbocycles. The Kier molecular flexibility index (Phi) is 13.1. The number of benzene rings is 4. The molecule has 0 saturated carbocycles. The molecule has 4 nitrogen and oxygen atoms in total. The summed E-state index contributed by atoms with van der Waals surface area (Å²) >= 11 is 0. The van der Waals surface area contributed by atoms with Crippen LogP contribution in [0.4, 0.5) is 0 Å². The standard InChI is InChI=1S/C36H42O4P.BrH/c1-4-38-35(37)36(2,3)26-14-27-39-30-22-24-31(25-23-30)40-28-15-29-41(32-16-8-5-9-17-32,33-18-10-6-11-19-33)34-20-12-7-13-21-34;/h5-13,16-25H,4,14-15,26-29H2,1-3H3;1H/q+1;/p-1. The summed E-state index contributed by atoms with van der Waals surface area (Å²) in [5.41, 5.74) is -0.502. The van der Waals surface area contributed by atoms with Gasteiger partial charge in [0.05, 0.1) is 31.4 Å². The normalized spacial score (nSPS) is 11.3. The van der Waals surface area contributed by atoms with E-state index in [9.17, 15) is 4.79 Å². The fourth-order valence-electron chi connectivity index (χ4n) is 5.14. The van der Waals surface area contributed by atoms with Crippen LogP contribution >= 0.6 is 7.26 Å². The van der Waals surface area contributed by atoms with Crippen LogP contribution in [0.3, 0.4) is 0 Å². The fourth-order valence-corrected chi connectivity index (χ4v) is 9.45. The predicted octanol–water partition coefficient (Wildman–Crippen LogP) is 4.20. The first-order valence-electron chi connectivity index (χ1n) is 14.5. The lowest BCUT2D eigenvalue weighted by Crippen LogP contribution is -3.00. The van der Waals surface area contributed by atoms with Crippen molar-refractivity contribution in [3.8, 4) is 11.5 Å². The van der Waals surface area contributed by atoms with Crippen LogP contribution in [0, 0.1) is 5.41 Å². The van der Waals surface area contributed by atoms with Crippen molar-refractivity contribution in [3.63, 3.8) is 0 Å². The second-order valence-electron chi connectivity index (χ2n) is 10.8. The van der Waals surface area contributed by atoms with Crippen LogP contribution in [-0.2, 0) is 9.53 Å². The molecule has 4 aromatic carbocycles. The Hall–Kier alpha value is -3.14. The molecule has 0 N–H and O–H groups in total. The molecule has 4 rings (SSSR count). The summed E-state index contributed by atoms with van der Waals surface area (Å²) in [4.78, 5) is 12.1. The van der Waals surface area contributed by atoms with E-state index in [1.807, 2.05) is 45.0 Å². The van der Waals surface area contributed by atoms with E-state index in [1.54, 1.807) is 0 Å². The van der Waals surface area contributed by atoms with Crippen molar-refractivity contribution in [3.05, 3.63) is 115 Å². The van der Waals surface area contributed by atoms with Crippen molar-refractivity contribution in [2.24, 2.45) is 5.41 Å². The van der Waals surface area contributed by atoms with Gasteiger partial charge in [-0.25, -0.2) is 0 Å². The molecule has 4 aromatic rings. The van der Waals surface area contributed by atoms with Gasteiger partial charge in [-0.2, -0.15) is 0 Å². The summed E-state index contributed by atoms with van der Waals surface area (Å²) in [6.45, 7) is 7.26. The highest BCUT2D eigenvalue weighted by molar-refractivity contribution is 7.95. The molecule has 0 aliphatic rings. The fraction of sp³-hybridized carbons (Fsp3) is 0.306. The molecule has 0 amide bonds. The lowest BCUT2D eigenvalue weighted by atomic mass is 9.88. The average molecular weight is 650 g/mol. The zero-order valence-electron chi connectivity index (χ0n) is 24.9. The van der Waals surface area contributed by atoms with E-state index in [-0.39, 0.29) is 23.0 Å². The number of hydrogen-bond donors (Lipinski definition) is 0. The lowest BCUT2D eigenvalue weighted by molar-refractivity contribution is -0.153. The van der Waals surface area contributed by atoms with Crippen molar-refractivity contribution >= 4 is 29.1 Å². The molecule has 6 heteroatoms. The van der Waals surface area contributed by atoms with Gasteiger partial charge in [0.1, 0.15) is 34.7 Å². The van der Waals surface area contributed by atoms with E-state index < -0.39 is 12.7 Å². The number of esters is 1. The molecule has 0 unspecified atom stereocenters. The molecule has 42 heavy (non-hydrogen) atoms. The Bertz CT molecular complexity index is 1230. The van der Waals surface area contributed by atoms with Crippen LogP contribution < -0.4 is 42.4 Å². The summed E-state index contributed by atoms with van der Waals surface area (Å²) in [5, 5.41) is 4.18. The van der Waals surface area contributed by atoms with E-state index in [0.29, 0.717) is 26.2 Å². The second kappa shape index (κ2) is 16.5. The summed E-state index contributed by atoms with van der Waals surface area (Å²) in [5.74, 6) is 1.48. The molecular weight excluding hydrogens is 607 g/mol. The summed E-state index contributed by atoms with van der Waals surface area (Å²) in [6.07, 6.45) is 3.45. The van der Waals surface area contributed by atoms with Gasteiger partial charge in [-0.05, 0) is 94.3 Å². The largest absolute Gasteiger partial charge is 1.00 e. The van der Waals surface area contributed by atoms with Gasteiger partial charge in [0.15, 0.2) is 0 Å². The second-order valence-corrected chi connectivity index (χ2v) is 14.4. The van der Waals surface area contributed by atoms with Crippen molar-refractivity contribution in [2.45, 2.75) is 40.0 Å². The number of ether oxygens (including phenoxy) is 3. The van der Waals surface area contributed by atoms with E-state index in [2.05, 4.69) is 91.0 Å². The predicted molar refractivity (Wildman–Crippen MR) is 172 cm³/mol. The minimum absolute atomic E-state index is 0. The van der Waals surface area contributed by atoms with Crippen molar-refractivity contribution < 1.29 is 36.0 Å². The number of carbonyl (C=O) groups excluding carboxylic acids is 1. The maximum Gasteiger partial charge on any atom is 0.311 e. The van der Waals surface area contributed by atoms with Crippen molar-refractivity contribution in [1.29, 1.82) is 0 Å². The third kappa shape index (κ3) is 8.69. The molecule has 222 valence electrons. The van der Waals surface area contributed by atoms with E-state index in [4.69, 9.17) is 14.2 Å². The number of rotatable bonds is 15.